The number of halogens is 3. The quantitative estimate of drug-likeness (QED) is 0.527. The van der Waals surface area contributed by atoms with Crippen molar-refractivity contribution < 1.29 is 0 Å². The highest BCUT2D eigenvalue weighted by atomic mass is 35.5. The molecule has 2 aromatic rings. The van der Waals surface area contributed by atoms with Crippen LogP contribution in [0, 0.1) is 0 Å². The average Bonchev–Trinajstić information content (AvgIpc) is 2.96. The van der Waals surface area contributed by atoms with Crippen molar-refractivity contribution in [2.45, 2.75) is 19.9 Å². The lowest BCUT2D eigenvalue weighted by Gasteiger charge is -2.05. The van der Waals surface area contributed by atoms with Crippen molar-refractivity contribution in [1.82, 2.24) is 5.32 Å². The minimum Gasteiger partial charge on any atom is -0.370 e. The first-order valence-electron chi connectivity index (χ1n) is 6.90. The molecule has 0 atom stereocenters. The Hall–Kier alpha value is -1.47. The first kappa shape index (κ1) is 20.6. The van der Waals surface area contributed by atoms with Crippen LogP contribution < -0.4 is 16.8 Å². The zero-order chi connectivity index (χ0) is 16.8. The van der Waals surface area contributed by atoms with Gasteiger partial charge in [-0.2, -0.15) is 0 Å². The highest BCUT2D eigenvalue weighted by Crippen LogP contribution is 2.24. The Morgan fingerprint density at radius 2 is 1.88 bits per heavy atom. The summed E-state index contributed by atoms with van der Waals surface area (Å²) in [4.78, 5) is 8.44. The summed E-state index contributed by atoms with van der Waals surface area (Å²) in [5, 5.41) is 6.61. The average molecular weight is 407 g/mol. The summed E-state index contributed by atoms with van der Waals surface area (Å²) in [5.74, 6) is 0.384. The lowest BCUT2D eigenvalue weighted by molar-refractivity contribution is 1.04. The SMILES string of the molecule is CCc1csc(/N=C(\N)NC(N)=NCc2ccc(Cl)c(Cl)c2)c1.Cl. The van der Waals surface area contributed by atoms with E-state index in [9.17, 15) is 0 Å². The lowest BCUT2D eigenvalue weighted by atomic mass is 10.2. The van der Waals surface area contributed by atoms with Crippen LogP contribution in [0.3, 0.4) is 0 Å². The molecule has 0 amide bonds. The van der Waals surface area contributed by atoms with Crippen LogP contribution in [0.1, 0.15) is 18.1 Å². The molecule has 0 saturated heterocycles. The standard InChI is InChI=1S/C15H17Cl2N5S.ClH/c1-2-9-6-13(23-8-9)21-15(19)22-14(18)20-7-10-3-4-11(16)12(17)5-10;/h3-6,8H,2,7H2,1H3,(H5,18,19,20,21,22);1H. The van der Waals surface area contributed by atoms with Gasteiger partial charge in [-0.1, -0.05) is 36.2 Å². The smallest absolute Gasteiger partial charge is 0.201 e. The number of thiophene rings is 1. The van der Waals surface area contributed by atoms with Gasteiger partial charge in [0.1, 0.15) is 5.00 Å². The van der Waals surface area contributed by atoms with Gasteiger partial charge in [-0.25, -0.2) is 9.98 Å². The second-order valence-electron chi connectivity index (χ2n) is 4.72. The number of guanidine groups is 2. The van der Waals surface area contributed by atoms with Gasteiger partial charge >= 0.3 is 0 Å². The van der Waals surface area contributed by atoms with Crippen molar-refractivity contribution in [2.24, 2.45) is 21.5 Å². The zero-order valence-corrected chi connectivity index (χ0v) is 16.1. The fraction of sp³-hybridized carbons (Fsp3) is 0.200. The topological polar surface area (TPSA) is 88.8 Å². The molecule has 1 aromatic carbocycles. The summed E-state index contributed by atoms with van der Waals surface area (Å²) in [5.41, 5.74) is 13.7. The molecule has 24 heavy (non-hydrogen) atoms. The Bertz CT molecular complexity index is 742. The summed E-state index contributed by atoms with van der Waals surface area (Å²) in [6.07, 6.45) is 0.965. The van der Waals surface area contributed by atoms with Gasteiger partial charge in [0, 0.05) is 0 Å². The van der Waals surface area contributed by atoms with E-state index in [4.69, 9.17) is 34.7 Å². The molecular formula is C15H18Cl3N5S. The summed E-state index contributed by atoms with van der Waals surface area (Å²) in [6.45, 7) is 2.45. The van der Waals surface area contributed by atoms with E-state index in [2.05, 4.69) is 22.2 Å². The van der Waals surface area contributed by atoms with Crippen LogP contribution in [0.25, 0.3) is 0 Å². The Balaban J connectivity index is 0.00000288. The fourth-order valence-electron chi connectivity index (χ4n) is 1.74. The molecule has 0 saturated carbocycles. The van der Waals surface area contributed by atoms with Crippen molar-refractivity contribution in [3.8, 4) is 0 Å². The van der Waals surface area contributed by atoms with Crippen LogP contribution in [0.15, 0.2) is 39.6 Å². The maximum absolute atomic E-state index is 5.95. The van der Waals surface area contributed by atoms with E-state index < -0.39 is 0 Å². The van der Waals surface area contributed by atoms with Gasteiger partial charge in [0.2, 0.25) is 5.96 Å². The molecule has 5 nitrogen and oxygen atoms in total. The number of aliphatic imine (C=N–C) groups is 2. The number of benzene rings is 1. The number of nitrogens with one attached hydrogen (secondary N) is 1. The Kier molecular flexibility index (Phi) is 8.35. The van der Waals surface area contributed by atoms with Gasteiger partial charge < -0.3 is 11.5 Å². The predicted octanol–water partition coefficient (Wildman–Crippen LogP) is 4.09. The maximum atomic E-state index is 5.95. The van der Waals surface area contributed by atoms with Crippen molar-refractivity contribution in [3.05, 3.63) is 50.8 Å². The van der Waals surface area contributed by atoms with Gasteiger partial charge in [-0.15, -0.1) is 23.7 Å². The van der Waals surface area contributed by atoms with Gasteiger partial charge in [-0.3, -0.25) is 5.32 Å². The highest BCUT2D eigenvalue weighted by molar-refractivity contribution is 7.14. The van der Waals surface area contributed by atoms with E-state index in [0.717, 1.165) is 17.0 Å². The van der Waals surface area contributed by atoms with Gasteiger partial charge in [0.25, 0.3) is 0 Å². The number of nitrogens with zero attached hydrogens (tertiary/aromatic N) is 2. The lowest BCUT2D eigenvalue weighted by Crippen LogP contribution is -2.41. The molecular weight excluding hydrogens is 389 g/mol. The van der Waals surface area contributed by atoms with E-state index in [1.54, 1.807) is 12.1 Å². The molecule has 0 unspecified atom stereocenters. The van der Waals surface area contributed by atoms with Crippen molar-refractivity contribution >= 4 is 63.9 Å². The Morgan fingerprint density at radius 3 is 2.50 bits per heavy atom. The van der Waals surface area contributed by atoms with Crippen LogP contribution >= 0.6 is 46.9 Å². The van der Waals surface area contributed by atoms with E-state index >= 15 is 0 Å². The van der Waals surface area contributed by atoms with Crippen LogP contribution in [0.2, 0.25) is 10.0 Å². The maximum Gasteiger partial charge on any atom is 0.201 e. The van der Waals surface area contributed by atoms with Crippen molar-refractivity contribution in [2.75, 3.05) is 0 Å². The van der Waals surface area contributed by atoms with E-state index in [1.807, 2.05) is 17.5 Å². The molecule has 0 spiro atoms. The van der Waals surface area contributed by atoms with Crippen LogP contribution in [-0.2, 0) is 13.0 Å². The highest BCUT2D eigenvalue weighted by Gasteiger charge is 2.01. The molecule has 0 aliphatic rings. The largest absolute Gasteiger partial charge is 0.370 e. The van der Waals surface area contributed by atoms with Gasteiger partial charge in [0.05, 0.1) is 16.6 Å². The first-order valence-corrected chi connectivity index (χ1v) is 8.54. The number of nitrogens with two attached hydrogens (primary N) is 2. The molecule has 0 aliphatic carbocycles. The van der Waals surface area contributed by atoms with Crippen molar-refractivity contribution in [3.63, 3.8) is 0 Å². The zero-order valence-electron chi connectivity index (χ0n) is 12.9. The third-order valence-corrected chi connectivity index (χ3v) is 4.56. The Morgan fingerprint density at radius 1 is 1.12 bits per heavy atom. The number of aryl methyl sites for hydroxylation is 1. The van der Waals surface area contributed by atoms with Gasteiger partial charge in [0.15, 0.2) is 5.96 Å². The number of hydrogen-bond donors (Lipinski definition) is 3. The molecule has 1 heterocycles. The molecule has 2 rings (SSSR count). The molecule has 0 aliphatic heterocycles. The van der Waals surface area contributed by atoms with E-state index in [0.29, 0.717) is 16.6 Å². The first-order chi connectivity index (χ1) is 11.0. The Labute approximate surface area is 161 Å². The second kappa shape index (κ2) is 9.74. The summed E-state index contributed by atoms with van der Waals surface area (Å²) in [7, 11) is 0. The molecule has 130 valence electrons. The molecule has 9 heteroatoms. The van der Waals surface area contributed by atoms with Crippen LogP contribution in [0.5, 0.6) is 0 Å². The molecule has 5 N–H and O–H groups in total. The minimum atomic E-state index is 0. The molecule has 1 aromatic heterocycles. The molecule has 0 radical (unpaired) electrons. The third-order valence-electron chi connectivity index (χ3n) is 2.95. The summed E-state index contributed by atoms with van der Waals surface area (Å²) >= 11 is 13.3. The summed E-state index contributed by atoms with van der Waals surface area (Å²) in [6, 6.07) is 7.29. The fourth-order valence-corrected chi connectivity index (χ4v) is 2.94. The monoisotopic (exact) mass is 405 g/mol. The van der Waals surface area contributed by atoms with Crippen LogP contribution in [0.4, 0.5) is 5.00 Å². The van der Waals surface area contributed by atoms with E-state index in [1.165, 1.54) is 16.9 Å². The van der Waals surface area contributed by atoms with Crippen molar-refractivity contribution in [1.29, 1.82) is 0 Å². The van der Waals surface area contributed by atoms with Crippen LogP contribution in [-0.4, -0.2) is 11.9 Å². The number of hydrogen-bond acceptors (Lipinski definition) is 3. The minimum absolute atomic E-state index is 0. The third kappa shape index (κ3) is 6.20. The molecule has 0 fully saturated rings. The summed E-state index contributed by atoms with van der Waals surface area (Å²) < 4.78 is 0. The normalized spacial score (nSPS) is 12.0. The van der Waals surface area contributed by atoms with E-state index in [-0.39, 0.29) is 24.3 Å². The predicted molar refractivity (Wildman–Crippen MR) is 107 cm³/mol. The number of rotatable bonds is 4. The van der Waals surface area contributed by atoms with Gasteiger partial charge in [-0.05, 0) is 41.1 Å². The second-order valence-corrected chi connectivity index (χ2v) is 6.42. The molecule has 0 bridgehead atoms.